The monoisotopic (exact) mass is 496 g/mol. The lowest BCUT2D eigenvalue weighted by molar-refractivity contribution is 0.484. The Morgan fingerprint density at radius 2 is 1.26 bits per heavy atom. The van der Waals surface area contributed by atoms with Crippen LogP contribution in [0.1, 0.15) is 0 Å². The molecule has 184 valence electrons. The lowest BCUT2D eigenvalue weighted by atomic mass is 9.98. The van der Waals surface area contributed by atoms with Gasteiger partial charge in [0, 0.05) is 27.9 Å². The second-order valence-electron chi connectivity index (χ2n) is 8.95. The number of fused-ring (bicyclic) bond motifs is 1. The molecular formula is C32H24N4O2. The third-order valence-electron chi connectivity index (χ3n) is 6.39. The number of benzene rings is 5. The summed E-state index contributed by atoms with van der Waals surface area (Å²) in [5.41, 5.74) is 16.9. The van der Waals surface area contributed by atoms with Crippen LogP contribution in [-0.2, 0) is 0 Å². The van der Waals surface area contributed by atoms with Crippen molar-refractivity contribution >= 4 is 22.1 Å². The molecule has 0 saturated carbocycles. The maximum atomic E-state index is 13.4. The molecule has 38 heavy (non-hydrogen) atoms. The molecule has 6 heteroatoms. The third-order valence-corrected chi connectivity index (χ3v) is 6.39. The van der Waals surface area contributed by atoms with Crippen LogP contribution in [0.3, 0.4) is 0 Å². The second kappa shape index (κ2) is 9.59. The highest BCUT2D eigenvalue weighted by Gasteiger charge is 2.16. The number of nitrogens with zero attached hydrogens (tertiary/aromatic N) is 2. The zero-order chi connectivity index (χ0) is 26.1. The molecule has 1 heterocycles. The lowest BCUT2D eigenvalue weighted by Crippen LogP contribution is -2.22. The second-order valence-corrected chi connectivity index (χ2v) is 8.95. The molecule has 0 saturated heterocycles. The number of hydrogen-bond donors (Lipinski definition) is 2. The van der Waals surface area contributed by atoms with Crippen molar-refractivity contribution in [2.45, 2.75) is 0 Å². The van der Waals surface area contributed by atoms with E-state index < -0.39 is 0 Å². The van der Waals surface area contributed by atoms with Crippen LogP contribution >= 0.6 is 0 Å². The highest BCUT2D eigenvalue weighted by atomic mass is 16.5. The van der Waals surface area contributed by atoms with Crippen molar-refractivity contribution in [1.82, 2.24) is 9.78 Å². The highest BCUT2D eigenvalue weighted by Crippen LogP contribution is 2.38. The van der Waals surface area contributed by atoms with Gasteiger partial charge in [-0.15, -0.1) is 0 Å². The molecule has 0 aliphatic rings. The zero-order valence-corrected chi connectivity index (χ0v) is 20.4. The minimum absolute atomic E-state index is 0.194. The van der Waals surface area contributed by atoms with Gasteiger partial charge in [0.05, 0.1) is 16.8 Å². The van der Waals surface area contributed by atoms with Gasteiger partial charge in [-0.05, 0) is 78.4 Å². The summed E-state index contributed by atoms with van der Waals surface area (Å²) >= 11 is 0. The summed E-state index contributed by atoms with van der Waals surface area (Å²) in [5, 5.41) is 6.19. The first-order chi connectivity index (χ1) is 18.6. The summed E-state index contributed by atoms with van der Waals surface area (Å²) in [6, 6.07) is 37.9. The van der Waals surface area contributed by atoms with E-state index in [2.05, 4.69) is 6.07 Å². The Kier molecular flexibility index (Phi) is 5.82. The van der Waals surface area contributed by atoms with Crippen molar-refractivity contribution in [1.29, 1.82) is 0 Å². The summed E-state index contributed by atoms with van der Waals surface area (Å²) < 4.78 is 7.71. The fourth-order valence-electron chi connectivity index (χ4n) is 4.47. The molecule has 5 aromatic carbocycles. The van der Waals surface area contributed by atoms with Gasteiger partial charge >= 0.3 is 0 Å². The van der Waals surface area contributed by atoms with E-state index >= 15 is 0 Å². The van der Waals surface area contributed by atoms with Gasteiger partial charge < -0.3 is 16.2 Å². The SMILES string of the molecule is Nc1ccc(Oc2ccc(-c3nn(-c4ccc(N)cc4)c(=O)c4ccccc34)cc2-c2ccccc2)cc1. The lowest BCUT2D eigenvalue weighted by Gasteiger charge is -2.15. The number of rotatable bonds is 5. The van der Waals surface area contributed by atoms with Crippen LogP contribution in [0.4, 0.5) is 11.4 Å². The first kappa shape index (κ1) is 23.1. The van der Waals surface area contributed by atoms with Crippen molar-refractivity contribution in [2.75, 3.05) is 11.5 Å². The normalized spacial score (nSPS) is 10.9. The number of ether oxygens (including phenoxy) is 1. The van der Waals surface area contributed by atoms with E-state index in [-0.39, 0.29) is 5.56 Å². The number of nitrogen functional groups attached to an aromatic ring is 2. The van der Waals surface area contributed by atoms with Crippen molar-refractivity contribution in [3.63, 3.8) is 0 Å². The molecule has 0 aliphatic heterocycles. The molecular weight excluding hydrogens is 472 g/mol. The van der Waals surface area contributed by atoms with E-state index in [9.17, 15) is 4.79 Å². The highest BCUT2D eigenvalue weighted by molar-refractivity contribution is 5.95. The van der Waals surface area contributed by atoms with Crippen LogP contribution in [0.2, 0.25) is 0 Å². The van der Waals surface area contributed by atoms with Crippen molar-refractivity contribution in [3.05, 3.63) is 132 Å². The zero-order valence-electron chi connectivity index (χ0n) is 20.4. The fourth-order valence-corrected chi connectivity index (χ4v) is 4.47. The van der Waals surface area contributed by atoms with Gasteiger partial charge in [-0.2, -0.15) is 9.78 Å². The van der Waals surface area contributed by atoms with Crippen LogP contribution in [0, 0.1) is 0 Å². The van der Waals surface area contributed by atoms with Crippen LogP contribution < -0.4 is 21.8 Å². The van der Waals surface area contributed by atoms with Gasteiger partial charge in [0.1, 0.15) is 11.5 Å². The first-order valence-corrected chi connectivity index (χ1v) is 12.2. The summed E-state index contributed by atoms with van der Waals surface area (Å²) in [4.78, 5) is 13.4. The van der Waals surface area contributed by atoms with E-state index in [1.165, 1.54) is 4.68 Å². The quantitative estimate of drug-likeness (QED) is 0.260. The third kappa shape index (κ3) is 4.35. The minimum Gasteiger partial charge on any atom is -0.457 e. The number of anilines is 2. The smallest absolute Gasteiger partial charge is 0.279 e. The van der Waals surface area contributed by atoms with Crippen LogP contribution in [0.25, 0.3) is 38.8 Å². The number of aromatic nitrogens is 2. The predicted molar refractivity (Wildman–Crippen MR) is 154 cm³/mol. The Morgan fingerprint density at radius 3 is 1.97 bits per heavy atom. The Morgan fingerprint density at radius 1 is 0.632 bits per heavy atom. The maximum Gasteiger partial charge on any atom is 0.279 e. The van der Waals surface area contributed by atoms with E-state index in [1.807, 2.05) is 91.0 Å². The molecule has 0 atom stereocenters. The fraction of sp³-hybridized carbons (Fsp3) is 0. The number of hydrogen-bond acceptors (Lipinski definition) is 5. The van der Waals surface area contributed by atoms with Crippen molar-refractivity contribution < 1.29 is 4.74 Å². The summed E-state index contributed by atoms with van der Waals surface area (Å²) in [7, 11) is 0. The molecule has 1 aromatic heterocycles. The van der Waals surface area contributed by atoms with Gasteiger partial charge in [0.15, 0.2) is 0 Å². The van der Waals surface area contributed by atoms with E-state index in [1.54, 1.807) is 24.3 Å². The summed E-state index contributed by atoms with van der Waals surface area (Å²) in [6.45, 7) is 0. The summed E-state index contributed by atoms with van der Waals surface area (Å²) in [6.07, 6.45) is 0. The Labute approximate surface area is 219 Å². The van der Waals surface area contributed by atoms with Crippen molar-refractivity contribution in [3.8, 4) is 39.6 Å². The van der Waals surface area contributed by atoms with Crippen LogP contribution in [0.5, 0.6) is 11.5 Å². The van der Waals surface area contributed by atoms with Gasteiger partial charge in [-0.3, -0.25) is 4.79 Å². The first-order valence-electron chi connectivity index (χ1n) is 12.2. The Balaban J connectivity index is 1.55. The summed E-state index contributed by atoms with van der Waals surface area (Å²) in [5.74, 6) is 1.38. The van der Waals surface area contributed by atoms with E-state index in [4.69, 9.17) is 21.3 Å². The average Bonchev–Trinajstić information content (AvgIpc) is 2.96. The standard InChI is InChI=1S/C32H24N4O2/c33-23-11-15-25(16-12-23)36-32(37)28-9-5-4-8-27(28)31(35-36)22-10-19-30(38-26-17-13-24(34)14-18-26)29(20-22)21-6-2-1-3-7-21/h1-20H,33-34H2. The molecule has 6 nitrogen and oxygen atoms in total. The molecule has 6 rings (SSSR count). The average molecular weight is 497 g/mol. The molecule has 0 unspecified atom stereocenters. The van der Waals surface area contributed by atoms with E-state index in [0.717, 1.165) is 22.1 Å². The van der Waals surface area contributed by atoms with Crippen LogP contribution in [0.15, 0.2) is 126 Å². The molecule has 4 N–H and O–H groups in total. The van der Waals surface area contributed by atoms with Crippen LogP contribution in [-0.4, -0.2) is 9.78 Å². The molecule has 0 aliphatic carbocycles. The Bertz CT molecular complexity index is 1810. The predicted octanol–water partition coefficient (Wildman–Crippen LogP) is 6.68. The number of nitrogens with two attached hydrogens (primary N) is 2. The van der Waals surface area contributed by atoms with E-state index in [0.29, 0.717) is 39.6 Å². The maximum absolute atomic E-state index is 13.4. The van der Waals surface area contributed by atoms with Gasteiger partial charge in [-0.25, -0.2) is 0 Å². The largest absolute Gasteiger partial charge is 0.457 e. The molecule has 0 spiro atoms. The minimum atomic E-state index is -0.194. The molecule has 0 radical (unpaired) electrons. The molecule has 6 aromatic rings. The molecule has 0 fully saturated rings. The molecule has 0 amide bonds. The van der Waals surface area contributed by atoms with Gasteiger partial charge in [-0.1, -0.05) is 48.5 Å². The Hall–Kier alpha value is -5.36. The molecule has 0 bridgehead atoms. The van der Waals surface area contributed by atoms with Gasteiger partial charge in [0.25, 0.3) is 5.56 Å². The van der Waals surface area contributed by atoms with Gasteiger partial charge in [0.2, 0.25) is 0 Å². The van der Waals surface area contributed by atoms with Crippen molar-refractivity contribution in [2.24, 2.45) is 0 Å². The topological polar surface area (TPSA) is 96.2 Å².